The molecule has 1 aliphatic heterocycles. The molecule has 1 heterocycles. The first-order valence-electron chi connectivity index (χ1n) is 6.51. The highest BCUT2D eigenvalue weighted by Crippen LogP contribution is 2.20. The molecule has 1 aromatic carbocycles. The number of thioether (sulfide) groups is 1. The van der Waals surface area contributed by atoms with E-state index in [2.05, 4.69) is 16.6 Å². The molecule has 1 saturated heterocycles. The largest absolute Gasteiger partial charge is 0.320 e. The molecular formula is C14H18N2O2S2. The summed E-state index contributed by atoms with van der Waals surface area (Å²) in [6.45, 7) is 0.210. The van der Waals surface area contributed by atoms with Gasteiger partial charge in [0.2, 0.25) is 10.0 Å². The first-order chi connectivity index (χ1) is 9.63. The minimum absolute atomic E-state index is 0.0248. The maximum atomic E-state index is 12.5. The highest BCUT2D eigenvalue weighted by molar-refractivity contribution is 7.99. The van der Waals surface area contributed by atoms with Crippen LogP contribution in [0.5, 0.6) is 0 Å². The van der Waals surface area contributed by atoms with Crippen LogP contribution in [0.15, 0.2) is 29.2 Å². The lowest BCUT2D eigenvalue weighted by atomic mass is 10.2. The molecule has 4 nitrogen and oxygen atoms in total. The van der Waals surface area contributed by atoms with E-state index in [1.807, 2.05) is 11.8 Å². The predicted molar refractivity (Wildman–Crippen MR) is 83.0 cm³/mol. The van der Waals surface area contributed by atoms with E-state index < -0.39 is 10.0 Å². The molecule has 6 heteroatoms. The summed E-state index contributed by atoms with van der Waals surface area (Å²) >= 11 is 1.86. The Balaban J connectivity index is 2.24. The highest BCUT2D eigenvalue weighted by atomic mass is 32.2. The van der Waals surface area contributed by atoms with E-state index in [0.29, 0.717) is 5.56 Å². The number of sulfonamides is 1. The molecule has 0 bridgehead atoms. The average molecular weight is 310 g/mol. The molecule has 0 saturated carbocycles. The van der Waals surface area contributed by atoms with Crippen LogP contribution in [0.4, 0.5) is 0 Å². The van der Waals surface area contributed by atoms with Crippen LogP contribution in [0.3, 0.4) is 0 Å². The number of nitrogens with one attached hydrogen (secondary N) is 1. The Hall–Kier alpha value is -1.000. The van der Waals surface area contributed by atoms with Crippen molar-refractivity contribution in [1.29, 1.82) is 0 Å². The minimum atomic E-state index is -3.52. The molecule has 0 unspecified atom stereocenters. The van der Waals surface area contributed by atoms with Crippen LogP contribution in [-0.2, 0) is 10.0 Å². The van der Waals surface area contributed by atoms with Gasteiger partial charge in [0.15, 0.2) is 0 Å². The summed E-state index contributed by atoms with van der Waals surface area (Å²) in [4.78, 5) is 0.235. The Bertz CT molecular complexity index is 612. The lowest BCUT2D eigenvalue weighted by molar-refractivity contribution is 0.528. The van der Waals surface area contributed by atoms with Gasteiger partial charge in [-0.3, -0.25) is 0 Å². The van der Waals surface area contributed by atoms with Gasteiger partial charge >= 0.3 is 0 Å². The van der Waals surface area contributed by atoms with Crippen molar-refractivity contribution in [2.45, 2.75) is 23.8 Å². The van der Waals surface area contributed by atoms with Crippen LogP contribution < -0.4 is 10.5 Å². The zero-order valence-electron chi connectivity index (χ0n) is 11.1. The van der Waals surface area contributed by atoms with E-state index in [4.69, 9.17) is 5.73 Å². The van der Waals surface area contributed by atoms with Crippen molar-refractivity contribution >= 4 is 21.8 Å². The van der Waals surface area contributed by atoms with Crippen molar-refractivity contribution in [2.24, 2.45) is 5.73 Å². The van der Waals surface area contributed by atoms with E-state index in [9.17, 15) is 8.42 Å². The standard InChI is InChI=1S/C14H18N2O2S2/c15-9-3-5-12-4-1-2-6-14(12)20(17,18)16-13-7-10-19-11-8-13/h1-2,4,6,13,16H,7-11,15H2. The number of hydrogen-bond donors (Lipinski definition) is 2. The third-order valence-electron chi connectivity index (χ3n) is 3.04. The van der Waals surface area contributed by atoms with Gasteiger partial charge in [0.25, 0.3) is 0 Å². The van der Waals surface area contributed by atoms with Gasteiger partial charge < -0.3 is 5.73 Å². The second kappa shape index (κ2) is 7.14. The predicted octanol–water partition coefficient (Wildman–Crippen LogP) is 1.17. The fraction of sp³-hybridized carbons (Fsp3) is 0.429. The van der Waals surface area contributed by atoms with Crippen LogP contribution in [0.1, 0.15) is 18.4 Å². The molecule has 0 radical (unpaired) electrons. The van der Waals surface area contributed by atoms with Crippen LogP contribution >= 0.6 is 11.8 Å². The van der Waals surface area contributed by atoms with Gasteiger partial charge in [-0.15, -0.1) is 0 Å². The molecule has 0 aromatic heterocycles. The van der Waals surface area contributed by atoms with E-state index in [0.717, 1.165) is 24.3 Å². The summed E-state index contributed by atoms with van der Waals surface area (Å²) < 4.78 is 27.7. The maximum absolute atomic E-state index is 12.5. The van der Waals surface area contributed by atoms with E-state index >= 15 is 0 Å². The van der Waals surface area contributed by atoms with E-state index in [1.54, 1.807) is 24.3 Å². The summed E-state index contributed by atoms with van der Waals surface area (Å²) in [6, 6.07) is 6.79. The molecule has 1 aromatic rings. The normalized spacial score (nSPS) is 16.4. The van der Waals surface area contributed by atoms with Crippen LogP contribution in [0, 0.1) is 11.8 Å². The first kappa shape index (κ1) is 15.4. The Morgan fingerprint density at radius 1 is 1.30 bits per heavy atom. The fourth-order valence-corrected chi connectivity index (χ4v) is 4.62. The quantitative estimate of drug-likeness (QED) is 0.822. The topological polar surface area (TPSA) is 72.2 Å². The third kappa shape index (κ3) is 4.00. The number of rotatable bonds is 3. The van der Waals surface area contributed by atoms with Gasteiger partial charge in [0, 0.05) is 11.6 Å². The van der Waals surface area contributed by atoms with Crippen molar-refractivity contribution in [1.82, 2.24) is 4.72 Å². The minimum Gasteiger partial charge on any atom is -0.320 e. The molecule has 20 heavy (non-hydrogen) atoms. The molecule has 0 atom stereocenters. The lowest BCUT2D eigenvalue weighted by Gasteiger charge is -2.22. The zero-order valence-corrected chi connectivity index (χ0v) is 12.8. The summed E-state index contributed by atoms with van der Waals surface area (Å²) in [5.41, 5.74) is 5.84. The van der Waals surface area contributed by atoms with Crippen LogP contribution in [0.25, 0.3) is 0 Å². The van der Waals surface area contributed by atoms with E-state index in [-0.39, 0.29) is 17.5 Å². The second-order valence-electron chi connectivity index (χ2n) is 4.51. The molecule has 3 N–H and O–H groups in total. The van der Waals surface area contributed by atoms with Crippen molar-refractivity contribution in [3.05, 3.63) is 29.8 Å². The number of hydrogen-bond acceptors (Lipinski definition) is 4. The second-order valence-corrected chi connectivity index (χ2v) is 7.42. The van der Waals surface area contributed by atoms with Gasteiger partial charge in [-0.25, -0.2) is 13.1 Å². The lowest BCUT2D eigenvalue weighted by Crippen LogP contribution is -2.37. The van der Waals surface area contributed by atoms with Crippen LogP contribution in [-0.4, -0.2) is 32.5 Å². The van der Waals surface area contributed by atoms with Gasteiger partial charge in [-0.1, -0.05) is 24.0 Å². The molecule has 1 fully saturated rings. The Kier molecular flexibility index (Phi) is 5.49. The maximum Gasteiger partial charge on any atom is 0.242 e. The Labute approximate surface area is 124 Å². The van der Waals surface area contributed by atoms with Crippen molar-refractivity contribution in [3.63, 3.8) is 0 Å². The average Bonchev–Trinajstić information content (AvgIpc) is 2.46. The Morgan fingerprint density at radius 3 is 2.70 bits per heavy atom. The summed E-state index contributed by atoms with van der Waals surface area (Å²) in [6.07, 6.45) is 1.75. The smallest absolute Gasteiger partial charge is 0.242 e. The zero-order chi connectivity index (χ0) is 14.4. The monoisotopic (exact) mass is 310 g/mol. The third-order valence-corrected chi connectivity index (χ3v) is 5.67. The van der Waals surface area contributed by atoms with Gasteiger partial charge in [-0.2, -0.15) is 11.8 Å². The molecule has 1 aliphatic rings. The van der Waals surface area contributed by atoms with Gasteiger partial charge in [0.1, 0.15) is 0 Å². The highest BCUT2D eigenvalue weighted by Gasteiger charge is 2.23. The van der Waals surface area contributed by atoms with Crippen molar-refractivity contribution in [2.75, 3.05) is 18.1 Å². The molecule has 0 aliphatic carbocycles. The summed E-state index contributed by atoms with van der Waals surface area (Å²) in [5, 5.41) is 0. The molecule has 108 valence electrons. The van der Waals surface area contributed by atoms with Gasteiger partial charge in [-0.05, 0) is 36.5 Å². The Morgan fingerprint density at radius 2 is 2.00 bits per heavy atom. The molecule has 0 amide bonds. The SMILES string of the molecule is NCC#Cc1ccccc1S(=O)(=O)NC1CCSCC1. The molecular weight excluding hydrogens is 292 g/mol. The van der Waals surface area contributed by atoms with Crippen molar-refractivity contribution in [3.8, 4) is 11.8 Å². The molecule has 0 spiro atoms. The fourth-order valence-electron chi connectivity index (χ4n) is 2.05. The summed E-state index contributed by atoms with van der Waals surface area (Å²) in [5.74, 6) is 7.52. The van der Waals surface area contributed by atoms with E-state index in [1.165, 1.54) is 0 Å². The number of nitrogens with two attached hydrogens (primary N) is 1. The first-order valence-corrected chi connectivity index (χ1v) is 9.15. The summed E-state index contributed by atoms with van der Waals surface area (Å²) in [7, 11) is -3.52. The van der Waals surface area contributed by atoms with Crippen LogP contribution in [0.2, 0.25) is 0 Å². The number of benzene rings is 1. The molecule has 2 rings (SSSR count). The van der Waals surface area contributed by atoms with Gasteiger partial charge in [0.05, 0.1) is 11.4 Å². The van der Waals surface area contributed by atoms with Crippen molar-refractivity contribution < 1.29 is 8.42 Å².